The van der Waals surface area contributed by atoms with Gasteiger partial charge in [0.05, 0.1) is 0 Å². The summed E-state index contributed by atoms with van der Waals surface area (Å²) in [6.07, 6.45) is 2.80. The molecule has 1 saturated heterocycles. The zero-order chi connectivity index (χ0) is 9.90. The second-order valence-corrected chi connectivity index (χ2v) is 5.24. The van der Waals surface area contributed by atoms with Crippen LogP contribution in [-0.2, 0) is 10.2 Å². The fraction of sp³-hybridized carbons (Fsp3) is 1.00. The molecule has 0 aromatic rings. The lowest BCUT2D eigenvalue weighted by Gasteiger charge is -2.19. The van der Waals surface area contributed by atoms with Crippen LogP contribution in [0.2, 0.25) is 0 Å². The van der Waals surface area contributed by atoms with Crippen molar-refractivity contribution < 1.29 is 8.42 Å². The second-order valence-electron chi connectivity index (χ2n) is 3.54. The van der Waals surface area contributed by atoms with Gasteiger partial charge in [-0.05, 0) is 26.2 Å². The highest BCUT2D eigenvalue weighted by Gasteiger charge is 2.25. The first-order valence-corrected chi connectivity index (χ1v) is 6.27. The van der Waals surface area contributed by atoms with E-state index in [-0.39, 0.29) is 6.04 Å². The molecule has 0 spiro atoms. The molecule has 0 aromatic carbocycles. The van der Waals surface area contributed by atoms with Gasteiger partial charge in [0.2, 0.25) is 0 Å². The topological polar surface area (TPSA) is 49.4 Å². The van der Waals surface area contributed by atoms with Crippen LogP contribution in [0.25, 0.3) is 0 Å². The highest BCUT2D eigenvalue weighted by molar-refractivity contribution is 7.87. The number of nitrogens with one attached hydrogen (secondary N) is 1. The van der Waals surface area contributed by atoms with Crippen molar-refractivity contribution >= 4 is 10.2 Å². The van der Waals surface area contributed by atoms with Crippen molar-refractivity contribution in [3.63, 3.8) is 0 Å². The highest BCUT2D eigenvalue weighted by atomic mass is 32.2. The monoisotopic (exact) mass is 206 g/mol. The minimum absolute atomic E-state index is 0.0330. The molecule has 0 amide bonds. The van der Waals surface area contributed by atoms with Crippen molar-refractivity contribution in [2.75, 3.05) is 13.1 Å². The molecular weight excluding hydrogens is 188 g/mol. The van der Waals surface area contributed by atoms with Crippen LogP contribution in [0, 0.1) is 0 Å². The largest absolute Gasteiger partial charge is 0.279 e. The van der Waals surface area contributed by atoms with E-state index < -0.39 is 10.2 Å². The van der Waals surface area contributed by atoms with Gasteiger partial charge in [-0.25, -0.2) is 0 Å². The zero-order valence-corrected chi connectivity index (χ0v) is 9.10. The molecule has 78 valence electrons. The summed E-state index contributed by atoms with van der Waals surface area (Å²) < 4.78 is 27.4. The molecule has 1 unspecified atom stereocenters. The van der Waals surface area contributed by atoms with Gasteiger partial charge >= 0.3 is 0 Å². The van der Waals surface area contributed by atoms with E-state index in [4.69, 9.17) is 0 Å². The number of hydrogen-bond acceptors (Lipinski definition) is 2. The van der Waals surface area contributed by atoms with Crippen molar-refractivity contribution in [2.24, 2.45) is 0 Å². The summed E-state index contributed by atoms with van der Waals surface area (Å²) >= 11 is 0. The van der Waals surface area contributed by atoms with Crippen LogP contribution in [0.1, 0.15) is 33.1 Å². The summed E-state index contributed by atoms with van der Waals surface area (Å²) in [4.78, 5) is 0. The van der Waals surface area contributed by atoms with E-state index in [0.29, 0.717) is 13.1 Å². The van der Waals surface area contributed by atoms with Crippen molar-refractivity contribution in [1.82, 2.24) is 9.03 Å². The SMILES string of the molecule is CCC(C)NS(=O)(=O)N1CCCC1. The maximum Gasteiger partial charge on any atom is 0.279 e. The van der Waals surface area contributed by atoms with Gasteiger partial charge in [-0.3, -0.25) is 0 Å². The van der Waals surface area contributed by atoms with Gasteiger partial charge in [-0.1, -0.05) is 6.92 Å². The Labute approximate surface area is 80.5 Å². The van der Waals surface area contributed by atoms with Crippen molar-refractivity contribution in [3.05, 3.63) is 0 Å². The van der Waals surface area contributed by atoms with Crippen molar-refractivity contribution in [3.8, 4) is 0 Å². The third kappa shape index (κ3) is 2.93. The second kappa shape index (κ2) is 4.39. The molecule has 13 heavy (non-hydrogen) atoms. The molecule has 0 aromatic heterocycles. The average molecular weight is 206 g/mol. The average Bonchev–Trinajstić information content (AvgIpc) is 2.55. The third-order valence-electron chi connectivity index (χ3n) is 2.37. The molecule has 1 aliphatic heterocycles. The lowest BCUT2D eigenvalue weighted by atomic mass is 10.3. The normalized spacial score (nSPS) is 22.0. The first-order chi connectivity index (χ1) is 6.06. The van der Waals surface area contributed by atoms with Crippen LogP contribution in [0.15, 0.2) is 0 Å². The first-order valence-electron chi connectivity index (χ1n) is 4.83. The molecule has 1 rings (SSSR count). The van der Waals surface area contributed by atoms with Crippen LogP contribution in [0.3, 0.4) is 0 Å². The Morgan fingerprint density at radius 3 is 2.38 bits per heavy atom. The maximum absolute atomic E-state index is 11.6. The zero-order valence-electron chi connectivity index (χ0n) is 8.28. The molecule has 1 atom stereocenters. The molecule has 5 heteroatoms. The van der Waals surface area contributed by atoms with Gasteiger partial charge in [0.25, 0.3) is 10.2 Å². The number of rotatable bonds is 4. The fourth-order valence-electron chi connectivity index (χ4n) is 1.34. The van der Waals surface area contributed by atoms with E-state index in [2.05, 4.69) is 4.72 Å². The fourth-order valence-corrected chi connectivity index (χ4v) is 2.90. The van der Waals surface area contributed by atoms with Crippen LogP contribution in [-0.4, -0.2) is 31.9 Å². The van der Waals surface area contributed by atoms with Crippen LogP contribution in [0.4, 0.5) is 0 Å². The molecule has 0 saturated carbocycles. The van der Waals surface area contributed by atoms with Crippen LogP contribution < -0.4 is 4.72 Å². The predicted molar refractivity (Wildman–Crippen MR) is 52.6 cm³/mol. The first kappa shape index (κ1) is 10.9. The molecule has 1 N–H and O–H groups in total. The Hall–Kier alpha value is -0.130. The van der Waals surface area contributed by atoms with Gasteiger partial charge in [-0.2, -0.15) is 17.4 Å². The van der Waals surface area contributed by atoms with Crippen LogP contribution in [0.5, 0.6) is 0 Å². The van der Waals surface area contributed by atoms with Gasteiger partial charge in [-0.15, -0.1) is 0 Å². The summed E-state index contributed by atoms with van der Waals surface area (Å²) in [6.45, 7) is 5.20. The molecule has 1 fully saturated rings. The molecular formula is C8H18N2O2S. The Morgan fingerprint density at radius 1 is 1.38 bits per heavy atom. The number of hydrogen-bond donors (Lipinski definition) is 1. The predicted octanol–water partition coefficient (Wildman–Crippen LogP) is 0.715. The minimum Gasteiger partial charge on any atom is -0.199 e. The smallest absolute Gasteiger partial charge is 0.199 e. The third-order valence-corrected chi connectivity index (χ3v) is 4.11. The summed E-state index contributed by atoms with van der Waals surface area (Å²) in [5.74, 6) is 0. The molecule has 0 aliphatic carbocycles. The Balaban J connectivity index is 2.54. The summed E-state index contributed by atoms with van der Waals surface area (Å²) in [6, 6.07) is 0.0330. The molecule has 1 heterocycles. The van der Waals surface area contributed by atoms with E-state index in [1.165, 1.54) is 4.31 Å². The Kier molecular flexibility index (Phi) is 3.70. The quantitative estimate of drug-likeness (QED) is 0.736. The lowest BCUT2D eigenvalue weighted by Crippen LogP contribution is -2.42. The molecule has 1 aliphatic rings. The van der Waals surface area contributed by atoms with Crippen LogP contribution >= 0.6 is 0 Å². The Morgan fingerprint density at radius 2 is 1.92 bits per heavy atom. The maximum atomic E-state index is 11.6. The summed E-state index contributed by atoms with van der Waals surface area (Å²) in [5.41, 5.74) is 0. The van der Waals surface area contributed by atoms with Crippen molar-refractivity contribution in [1.29, 1.82) is 0 Å². The molecule has 0 bridgehead atoms. The van der Waals surface area contributed by atoms with Gasteiger partial charge < -0.3 is 0 Å². The van der Waals surface area contributed by atoms with Gasteiger partial charge in [0, 0.05) is 19.1 Å². The van der Waals surface area contributed by atoms with Crippen molar-refractivity contribution in [2.45, 2.75) is 39.2 Å². The molecule has 0 radical (unpaired) electrons. The van der Waals surface area contributed by atoms with Gasteiger partial charge in [0.1, 0.15) is 0 Å². The molecule has 4 nitrogen and oxygen atoms in total. The van der Waals surface area contributed by atoms with E-state index in [1.54, 1.807) is 0 Å². The van der Waals surface area contributed by atoms with E-state index >= 15 is 0 Å². The Bertz CT molecular complexity index is 245. The lowest BCUT2D eigenvalue weighted by molar-refractivity contribution is 0.453. The summed E-state index contributed by atoms with van der Waals surface area (Å²) in [5, 5.41) is 0. The highest BCUT2D eigenvalue weighted by Crippen LogP contribution is 2.11. The number of nitrogens with zero attached hydrogens (tertiary/aromatic N) is 1. The standard InChI is InChI=1S/C8H18N2O2S/c1-3-8(2)9-13(11,12)10-6-4-5-7-10/h8-9H,3-7H2,1-2H3. The van der Waals surface area contributed by atoms with E-state index in [0.717, 1.165) is 19.3 Å². The summed E-state index contributed by atoms with van der Waals surface area (Å²) in [7, 11) is -3.19. The minimum atomic E-state index is -3.19. The van der Waals surface area contributed by atoms with E-state index in [1.807, 2.05) is 13.8 Å². The van der Waals surface area contributed by atoms with E-state index in [9.17, 15) is 8.42 Å². The van der Waals surface area contributed by atoms with Gasteiger partial charge in [0.15, 0.2) is 0 Å².